The van der Waals surface area contributed by atoms with Crippen LogP contribution in [-0.4, -0.2) is 12.5 Å². The topological polar surface area (TPSA) is 55.1 Å². The molecule has 0 saturated heterocycles. The van der Waals surface area contributed by atoms with Crippen molar-refractivity contribution in [3.63, 3.8) is 0 Å². The minimum absolute atomic E-state index is 0. The van der Waals surface area contributed by atoms with E-state index in [1.54, 1.807) is 11.3 Å². The maximum absolute atomic E-state index is 12.8. The molecule has 130 valence electrons. The van der Waals surface area contributed by atoms with Gasteiger partial charge in [0.1, 0.15) is 0 Å². The van der Waals surface area contributed by atoms with E-state index in [4.69, 9.17) is 17.3 Å². The first-order valence-corrected chi connectivity index (χ1v) is 9.24. The molecule has 1 aliphatic rings. The first kappa shape index (κ1) is 19.3. The molecule has 1 fully saturated rings. The van der Waals surface area contributed by atoms with Crippen molar-refractivity contribution >= 4 is 41.3 Å². The third kappa shape index (κ3) is 4.31. The number of halogens is 2. The van der Waals surface area contributed by atoms with E-state index < -0.39 is 0 Å². The van der Waals surface area contributed by atoms with Gasteiger partial charge in [-0.15, -0.1) is 23.7 Å². The SMILES string of the molecule is Cl.NC[C@H]1CCC[C@H]1C(=O)NC(c1ccc(Cl)cc1)c1cccs1. The molecule has 1 unspecified atom stereocenters. The van der Waals surface area contributed by atoms with Gasteiger partial charge >= 0.3 is 0 Å². The number of nitrogens with two attached hydrogens (primary N) is 1. The van der Waals surface area contributed by atoms with Crippen LogP contribution in [0.1, 0.15) is 35.7 Å². The zero-order valence-corrected chi connectivity index (χ0v) is 15.7. The molecule has 0 aliphatic heterocycles. The Bertz CT molecular complexity index is 646. The fourth-order valence-electron chi connectivity index (χ4n) is 3.34. The molecule has 0 radical (unpaired) electrons. The summed E-state index contributed by atoms with van der Waals surface area (Å²) in [7, 11) is 0. The average molecular weight is 385 g/mol. The molecule has 3 rings (SSSR count). The zero-order valence-electron chi connectivity index (χ0n) is 13.3. The lowest BCUT2D eigenvalue weighted by atomic mass is 9.94. The molecule has 1 aromatic heterocycles. The molecule has 1 amide bonds. The number of hydrogen-bond acceptors (Lipinski definition) is 3. The van der Waals surface area contributed by atoms with Crippen molar-refractivity contribution < 1.29 is 4.79 Å². The summed E-state index contributed by atoms with van der Waals surface area (Å²) in [5.74, 6) is 0.463. The first-order chi connectivity index (χ1) is 11.2. The van der Waals surface area contributed by atoms with E-state index in [-0.39, 0.29) is 30.3 Å². The summed E-state index contributed by atoms with van der Waals surface area (Å²) in [6.07, 6.45) is 3.08. The van der Waals surface area contributed by atoms with Gasteiger partial charge in [0.15, 0.2) is 0 Å². The Balaban J connectivity index is 0.00000208. The predicted octanol–water partition coefficient (Wildman–Crippen LogP) is 4.40. The van der Waals surface area contributed by atoms with Crippen LogP contribution >= 0.6 is 35.3 Å². The lowest BCUT2D eigenvalue weighted by molar-refractivity contribution is -0.126. The molecule has 6 heteroatoms. The molecule has 1 saturated carbocycles. The maximum Gasteiger partial charge on any atom is 0.224 e. The normalized spacial score (nSPS) is 21.1. The van der Waals surface area contributed by atoms with Gasteiger partial charge in [-0.05, 0) is 54.4 Å². The number of carbonyl (C=O) groups excluding carboxylic acids is 1. The summed E-state index contributed by atoms with van der Waals surface area (Å²) >= 11 is 7.64. The van der Waals surface area contributed by atoms with Gasteiger partial charge in [0, 0.05) is 15.8 Å². The van der Waals surface area contributed by atoms with Crippen LogP contribution in [0.2, 0.25) is 5.02 Å². The largest absolute Gasteiger partial charge is 0.344 e. The first-order valence-electron chi connectivity index (χ1n) is 7.98. The second-order valence-electron chi connectivity index (χ2n) is 6.04. The highest BCUT2D eigenvalue weighted by Crippen LogP contribution is 2.33. The van der Waals surface area contributed by atoms with Crippen LogP contribution in [-0.2, 0) is 4.79 Å². The lowest BCUT2D eigenvalue weighted by Crippen LogP contribution is -2.37. The molecular weight excluding hydrogens is 363 g/mol. The molecule has 24 heavy (non-hydrogen) atoms. The third-order valence-electron chi connectivity index (χ3n) is 4.62. The van der Waals surface area contributed by atoms with E-state index in [2.05, 4.69) is 11.4 Å². The van der Waals surface area contributed by atoms with E-state index in [1.165, 1.54) is 0 Å². The number of hydrogen-bond donors (Lipinski definition) is 2. The quantitative estimate of drug-likeness (QED) is 0.801. The Morgan fingerprint density at radius 1 is 1.29 bits per heavy atom. The number of benzene rings is 1. The third-order valence-corrected chi connectivity index (χ3v) is 5.81. The van der Waals surface area contributed by atoms with Crippen molar-refractivity contribution in [2.24, 2.45) is 17.6 Å². The Labute approximate surface area is 158 Å². The van der Waals surface area contributed by atoms with Crippen molar-refractivity contribution in [3.8, 4) is 0 Å². The highest BCUT2D eigenvalue weighted by molar-refractivity contribution is 7.10. The highest BCUT2D eigenvalue weighted by atomic mass is 35.5. The van der Waals surface area contributed by atoms with Gasteiger partial charge in [-0.25, -0.2) is 0 Å². The summed E-state index contributed by atoms with van der Waals surface area (Å²) in [6, 6.07) is 11.6. The van der Waals surface area contributed by atoms with Crippen molar-refractivity contribution in [1.82, 2.24) is 5.32 Å². The second-order valence-corrected chi connectivity index (χ2v) is 7.46. The Hall–Kier alpha value is -1.07. The van der Waals surface area contributed by atoms with Crippen LogP contribution < -0.4 is 11.1 Å². The van der Waals surface area contributed by atoms with Crippen molar-refractivity contribution in [3.05, 3.63) is 57.2 Å². The van der Waals surface area contributed by atoms with Gasteiger partial charge in [-0.1, -0.05) is 36.2 Å². The number of carbonyl (C=O) groups is 1. The summed E-state index contributed by atoms with van der Waals surface area (Å²) in [5.41, 5.74) is 6.87. The summed E-state index contributed by atoms with van der Waals surface area (Å²) < 4.78 is 0. The molecule has 1 aliphatic carbocycles. The van der Waals surface area contributed by atoms with Crippen LogP contribution in [0.25, 0.3) is 0 Å². The van der Waals surface area contributed by atoms with Gasteiger partial charge in [-0.3, -0.25) is 4.79 Å². The molecule has 2 aromatic rings. The average Bonchev–Trinajstić information content (AvgIpc) is 3.24. The molecule has 3 nitrogen and oxygen atoms in total. The predicted molar refractivity (Wildman–Crippen MR) is 103 cm³/mol. The molecule has 3 N–H and O–H groups in total. The molecule has 1 heterocycles. The standard InChI is InChI=1S/C18H21ClN2OS.ClH/c19-14-8-6-12(7-9-14)17(16-5-2-10-23-16)21-18(22)15-4-1-3-13(15)11-20;/h2,5-10,13,15,17H,1,3-4,11,20H2,(H,21,22);1H/t13-,15-,17?;/m1./s1. The zero-order chi connectivity index (χ0) is 16.2. The minimum Gasteiger partial charge on any atom is -0.344 e. The number of thiophene rings is 1. The fraction of sp³-hybridized carbons (Fsp3) is 0.389. The smallest absolute Gasteiger partial charge is 0.224 e. The van der Waals surface area contributed by atoms with Crippen LogP contribution in [0.3, 0.4) is 0 Å². The number of nitrogens with one attached hydrogen (secondary N) is 1. The summed E-state index contributed by atoms with van der Waals surface area (Å²) in [4.78, 5) is 13.9. The van der Waals surface area contributed by atoms with E-state index >= 15 is 0 Å². The monoisotopic (exact) mass is 384 g/mol. The van der Waals surface area contributed by atoms with Gasteiger partial charge in [0.25, 0.3) is 0 Å². The van der Waals surface area contributed by atoms with Gasteiger partial charge < -0.3 is 11.1 Å². The van der Waals surface area contributed by atoms with Gasteiger partial charge in [0.2, 0.25) is 5.91 Å². The van der Waals surface area contributed by atoms with Crippen LogP contribution in [0.5, 0.6) is 0 Å². The Kier molecular flexibility index (Phi) is 7.11. The van der Waals surface area contributed by atoms with Gasteiger partial charge in [-0.2, -0.15) is 0 Å². The van der Waals surface area contributed by atoms with Crippen LogP contribution in [0, 0.1) is 11.8 Å². The highest BCUT2D eigenvalue weighted by Gasteiger charge is 2.33. The number of amides is 1. The van der Waals surface area contributed by atoms with E-state index in [1.807, 2.05) is 35.7 Å². The van der Waals surface area contributed by atoms with Crippen LogP contribution in [0.4, 0.5) is 0 Å². The van der Waals surface area contributed by atoms with Gasteiger partial charge in [0.05, 0.1) is 6.04 Å². The molecule has 0 spiro atoms. The van der Waals surface area contributed by atoms with E-state index in [9.17, 15) is 4.79 Å². The van der Waals surface area contributed by atoms with Crippen molar-refractivity contribution in [1.29, 1.82) is 0 Å². The van der Waals surface area contributed by atoms with E-state index in [0.717, 1.165) is 29.7 Å². The van der Waals surface area contributed by atoms with Crippen molar-refractivity contribution in [2.75, 3.05) is 6.54 Å². The molecular formula is C18H22Cl2N2OS. The lowest BCUT2D eigenvalue weighted by Gasteiger charge is -2.23. The van der Waals surface area contributed by atoms with Crippen molar-refractivity contribution in [2.45, 2.75) is 25.3 Å². The Morgan fingerprint density at radius 3 is 2.67 bits per heavy atom. The van der Waals surface area contributed by atoms with E-state index in [0.29, 0.717) is 17.5 Å². The molecule has 3 atom stereocenters. The molecule has 1 aromatic carbocycles. The fourth-order valence-corrected chi connectivity index (χ4v) is 4.27. The second kappa shape index (κ2) is 8.86. The maximum atomic E-state index is 12.8. The minimum atomic E-state index is -0.126. The summed E-state index contributed by atoms with van der Waals surface area (Å²) in [5, 5.41) is 5.96. The molecule has 0 bridgehead atoms. The summed E-state index contributed by atoms with van der Waals surface area (Å²) in [6.45, 7) is 0.586. The Morgan fingerprint density at radius 2 is 2.04 bits per heavy atom. The van der Waals surface area contributed by atoms with Crippen LogP contribution in [0.15, 0.2) is 41.8 Å². The number of rotatable bonds is 5.